The first-order valence-electron chi connectivity index (χ1n) is 39.6. The maximum absolute atomic E-state index is 14.4. The number of phenols is 1. The summed E-state index contributed by atoms with van der Waals surface area (Å²) < 4.78 is 59.9. The van der Waals surface area contributed by atoms with Gasteiger partial charge >= 0.3 is 11.9 Å². The Kier molecular flexibility index (Phi) is 50.1. The minimum atomic E-state index is -1.29. The second kappa shape index (κ2) is 57.0. The summed E-state index contributed by atoms with van der Waals surface area (Å²) in [5.74, 6) is -8.84. The normalized spacial score (nSPS) is 14.3. The molecule has 37 heteroatoms. The molecule has 1 aliphatic rings. The van der Waals surface area contributed by atoms with Crippen LogP contribution in [0, 0.1) is 17.8 Å². The molecule has 1 aromatic heterocycles. The molecular formula is C79H129N11O25S. The van der Waals surface area contributed by atoms with Crippen LogP contribution in [0.25, 0.3) is 0 Å². The number of rotatable bonds is 65. The molecule has 8 atom stereocenters. The summed E-state index contributed by atoms with van der Waals surface area (Å²) in [6.45, 7) is 24.3. The lowest BCUT2D eigenvalue weighted by atomic mass is 9.92. The smallest absolute Gasteiger partial charge is 0.303 e. The third-order valence-electron chi connectivity index (χ3n) is 18.9. The van der Waals surface area contributed by atoms with Gasteiger partial charge < -0.3 is 104 Å². The number of benzene rings is 1. The molecule has 0 saturated heterocycles. The topological polar surface area (TPSA) is 454 Å². The highest BCUT2D eigenvalue weighted by Crippen LogP contribution is 2.32. The number of aromatic hydroxyl groups is 1. The van der Waals surface area contributed by atoms with Crippen molar-refractivity contribution in [2.75, 3.05) is 172 Å². The van der Waals surface area contributed by atoms with Gasteiger partial charge in [0.1, 0.15) is 47.2 Å². The van der Waals surface area contributed by atoms with E-state index in [1.165, 1.54) is 37.4 Å². The third kappa shape index (κ3) is 40.3. The molecule has 1 aliphatic heterocycles. The number of nitrogens with one attached hydrogen (secondary N) is 7. The number of amides is 10. The summed E-state index contributed by atoms with van der Waals surface area (Å²) >= 11 is 1.04. The standard InChI is InChI=1S/C79H129N11O25S/c1-15-54(6)71(87-78(104)79(9,10)88(11)12)77(103)89(13)62(52(2)3)49-64(115-56(8)91)76-85-61(51-116-76)74(101)82-58(22-26-69(97)98)47-57-21-23-63(92)60(48-57)84-72(99)55(7)81-75(102)70(53(4)5)86-73(100)59(83-65(93)20-18-28-90-67(95)24-25-68(90)96)19-16-17-27-80-66(94)50-114-46-45-113-44-43-112-42-41-111-40-39-110-38-37-109-36-35-108-34-33-107-32-31-106-30-29-105-14/h21,23-25,48,51-55,58-59,62,64,70-71,92H,15-20,22,26-47,49-50H2,1-14H3,(H,80,94)(H,81,102)(H,82,101)(H,83,93)(H,84,99)(H,86,100)(H,87,104)(H,97,98)/t54-,55-,58+,59-,62+,64+,70-,71-/m0/s1. The lowest BCUT2D eigenvalue weighted by molar-refractivity contribution is -0.149. The molecule has 36 nitrogen and oxygen atoms in total. The van der Waals surface area contributed by atoms with Gasteiger partial charge in [0.15, 0.2) is 6.10 Å². The van der Waals surface area contributed by atoms with Crippen LogP contribution in [-0.4, -0.2) is 310 Å². The Morgan fingerprint density at radius 3 is 1.66 bits per heavy atom. The van der Waals surface area contributed by atoms with Gasteiger partial charge in [0.2, 0.25) is 41.4 Å². The molecule has 0 radical (unpaired) electrons. The van der Waals surface area contributed by atoms with Crippen LogP contribution in [-0.2, 0) is 111 Å². The average Bonchev–Trinajstić information content (AvgIpc) is 1.32. The number of imide groups is 1. The van der Waals surface area contributed by atoms with Crippen molar-refractivity contribution >= 4 is 88.0 Å². The fraction of sp³-hybridized carbons (Fsp3) is 0.709. The number of aliphatic carboxylic acids is 1. The lowest BCUT2D eigenvalue weighted by Crippen LogP contribution is -2.60. The first-order chi connectivity index (χ1) is 55.2. The Bertz CT molecular complexity index is 3360. The molecule has 10 amide bonds. The summed E-state index contributed by atoms with van der Waals surface area (Å²) in [7, 11) is 6.80. The zero-order valence-electron chi connectivity index (χ0n) is 70.1. The molecule has 1 aromatic carbocycles. The second-order valence-corrected chi connectivity index (χ2v) is 30.1. The summed E-state index contributed by atoms with van der Waals surface area (Å²) in [6.07, 6.45) is 2.09. The number of hydrogen-bond donors (Lipinski definition) is 9. The Labute approximate surface area is 685 Å². The number of carboxylic acids is 1. The van der Waals surface area contributed by atoms with Gasteiger partial charge in [0.25, 0.3) is 17.7 Å². The number of nitrogens with zero attached hydrogens (tertiary/aromatic N) is 4. The van der Waals surface area contributed by atoms with Crippen LogP contribution in [0.3, 0.4) is 0 Å². The Morgan fingerprint density at radius 1 is 0.621 bits per heavy atom. The second-order valence-electron chi connectivity index (χ2n) is 29.2. The summed E-state index contributed by atoms with van der Waals surface area (Å²) in [5.41, 5.74) is -0.663. The molecule has 0 spiro atoms. The molecule has 0 saturated carbocycles. The monoisotopic (exact) mass is 1660 g/mol. The van der Waals surface area contributed by atoms with Gasteiger partial charge in [-0.25, -0.2) is 4.98 Å². The number of esters is 1. The number of carboxylic acid groups (broad SMARTS) is 1. The number of phenolic OH excluding ortho intramolecular Hbond substituents is 1. The number of carbonyl (C=O) groups is 12. The highest BCUT2D eigenvalue weighted by atomic mass is 32.1. The van der Waals surface area contributed by atoms with Crippen LogP contribution in [0.4, 0.5) is 5.69 Å². The number of ether oxygens (including phenoxy) is 11. The van der Waals surface area contributed by atoms with Crippen LogP contribution in [0.5, 0.6) is 5.75 Å². The predicted molar refractivity (Wildman–Crippen MR) is 428 cm³/mol. The molecule has 0 aliphatic carbocycles. The third-order valence-corrected chi connectivity index (χ3v) is 19.8. The lowest BCUT2D eigenvalue weighted by Gasteiger charge is -2.38. The van der Waals surface area contributed by atoms with Gasteiger partial charge in [-0.05, 0) is 109 Å². The van der Waals surface area contributed by atoms with Gasteiger partial charge in [-0.15, -0.1) is 11.3 Å². The number of hydrogen-bond acceptors (Lipinski definition) is 27. The van der Waals surface area contributed by atoms with Crippen LogP contribution in [0.15, 0.2) is 35.7 Å². The van der Waals surface area contributed by atoms with Crippen molar-refractivity contribution in [3.05, 3.63) is 52.0 Å². The quantitative estimate of drug-likeness (QED) is 0.0199. The van der Waals surface area contributed by atoms with Crippen molar-refractivity contribution in [1.82, 2.24) is 51.6 Å². The Balaban J connectivity index is 1.54. The van der Waals surface area contributed by atoms with E-state index in [0.717, 1.165) is 28.4 Å². The molecule has 0 bridgehead atoms. The highest BCUT2D eigenvalue weighted by molar-refractivity contribution is 7.09. The van der Waals surface area contributed by atoms with Crippen molar-refractivity contribution in [3.8, 4) is 5.75 Å². The Hall–Kier alpha value is -8.21. The van der Waals surface area contributed by atoms with E-state index in [4.69, 9.17) is 52.1 Å². The zero-order chi connectivity index (χ0) is 86.1. The maximum atomic E-state index is 14.4. The molecule has 656 valence electrons. The maximum Gasteiger partial charge on any atom is 0.303 e. The van der Waals surface area contributed by atoms with Gasteiger partial charge in [-0.2, -0.15) is 0 Å². The van der Waals surface area contributed by atoms with Crippen molar-refractivity contribution in [1.29, 1.82) is 0 Å². The molecule has 0 fully saturated rings. The molecule has 2 heterocycles. The van der Waals surface area contributed by atoms with E-state index in [2.05, 4.69) is 42.2 Å². The Morgan fingerprint density at radius 2 is 1.16 bits per heavy atom. The van der Waals surface area contributed by atoms with Crippen LogP contribution >= 0.6 is 11.3 Å². The zero-order valence-corrected chi connectivity index (χ0v) is 71.0. The van der Waals surface area contributed by atoms with E-state index < -0.39 is 113 Å². The number of anilines is 1. The van der Waals surface area contributed by atoms with E-state index in [0.29, 0.717) is 131 Å². The fourth-order valence-electron chi connectivity index (χ4n) is 11.3. The number of thiazole rings is 1. The summed E-state index contributed by atoms with van der Waals surface area (Å²) in [5, 5.41) is 41.7. The van der Waals surface area contributed by atoms with Gasteiger partial charge in [-0.1, -0.05) is 54.0 Å². The first kappa shape index (κ1) is 102. The molecule has 116 heavy (non-hydrogen) atoms. The van der Waals surface area contributed by atoms with Crippen molar-refractivity contribution in [3.63, 3.8) is 0 Å². The number of likely N-dealkylation sites (N-methyl/N-ethyl adjacent to an activating group) is 2. The number of aromatic nitrogens is 1. The summed E-state index contributed by atoms with van der Waals surface area (Å²) in [6, 6.07) is -1.82. The van der Waals surface area contributed by atoms with E-state index in [1.807, 2.05) is 27.7 Å². The van der Waals surface area contributed by atoms with E-state index >= 15 is 0 Å². The van der Waals surface area contributed by atoms with Crippen molar-refractivity contribution in [2.24, 2.45) is 17.8 Å². The molecular weight excluding hydrogens is 1530 g/mol. The fourth-order valence-corrected chi connectivity index (χ4v) is 12.1. The predicted octanol–water partition coefficient (Wildman–Crippen LogP) is 3.26. The minimum Gasteiger partial charge on any atom is -0.506 e. The van der Waals surface area contributed by atoms with Crippen LogP contribution in [0.2, 0.25) is 0 Å². The van der Waals surface area contributed by atoms with Gasteiger partial charge in [0.05, 0.1) is 130 Å². The van der Waals surface area contributed by atoms with Gasteiger partial charge in [0, 0.05) is 83.0 Å². The van der Waals surface area contributed by atoms with E-state index in [9.17, 15) is 67.7 Å². The highest BCUT2D eigenvalue weighted by Gasteiger charge is 2.40. The molecule has 3 rings (SSSR count). The number of carbonyl (C=O) groups excluding carboxylic acids is 11. The SMILES string of the molecule is CC[C@H](C)[C@H](NC(=O)C(C)(C)N(C)C)C(=O)N(C)[C@H](C[C@@H](OC(C)=O)c1nc(C(=O)N[C@H](CCC(=O)O)Cc2ccc(O)c(NC(=O)[C@H](C)NC(=O)[C@@H](NC(=O)[C@H](CCCCNC(=O)COCCOCCOCCOCCOCCOCCOCCOCCOCCOC)NC(=O)CCCN3C(=O)C=CC3=O)C(C)C)c2)cs1)C(C)C. The summed E-state index contributed by atoms with van der Waals surface area (Å²) in [4.78, 5) is 168. The first-order valence-corrected chi connectivity index (χ1v) is 40.5. The van der Waals surface area contributed by atoms with Gasteiger partial charge in [-0.3, -0.25) is 67.3 Å². The molecule has 2 aromatic rings. The van der Waals surface area contributed by atoms with E-state index in [-0.39, 0.29) is 124 Å². The van der Waals surface area contributed by atoms with Crippen LogP contribution in [0.1, 0.15) is 154 Å². The van der Waals surface area contributed by atoms with Crippen molar-refractivity contribution < 1.29 is 120 Å². The minimum absolute atomic E-state index is 0.0121. The van der Waals surface area contributed by atoms with Crippen molar-refractivity contribution in [2.45, 2.75) is 181 Å². The van der Waals surface area contributed by atoms with Crippen LogP contribution < -0.4 is 37.2 Å². The van der Waals surface area contributed by atoms with E-state index in [1.54, 1.807) is 65.7 Å². The molecule has 0 unspecified atom stereocenters. The number of methoxy groups -OCH3 is 1. The average molecular weight is 1670 g/mol. The molecule has 9 N–H and O–H groups in total. The largest absolute Gasteiger partial charge is 0.506 e. The number of unbranched alkanes of at least 4 members (excludes halogenated alkanes) is 1.